The minimum absolute atomic E-state index is 0.401. The van der Waals surface area contributed by atoms with Crippen LogP contribution in [0.15, 0.2) is 18.2 Å². The van der Waals surface area contributed by atoms with Crippen molar-refractivity contribution in [1.29, 1.82) is 0 Å². The number of rotatable bonds is 2. The van der Waals surface area contributed by atoms with E-state index < -0.39 is 11.4 Å². The average molecular weight is 214 g/mol. The third kappa shape index (κ3) is 1.82. The molecule has 0 aliphatic heterocycles. The molecule has 0 fully saturated rings. The van der Waals surface area contributed by atoms with E-state index in [0.717, 1.165) is 0 Å². The molecule has 0 aliphatic carbocycles. The van der Waals surface area contributed by atoms with E-state index in [1.165, 1.54) is 0 Å². The van der Waals surface area contributed by atoms with E-state index in [1.54, 1.807) is 32.0 Å². The summed E-state index contributed by atoms with van der Waals surface area (Å²) in [6, 6.07) is 4.88. The summed E-state index contributed by atoms with van der Waals surface area (Å²) >= 11 is 5.74. The molecule has 1 aromatic rings. The Kier molecular flexibility index (Phi) is 2.71. The van der Waals surface area contributed by atoms with Crippen molar-refractivity contribution in [2.24, 2.45) is 0 Å². The molecular formula is C10H12ClNO2. The molecule has 1 aromatic carbocycles. The zero-order valence-electron chi connectivity index (χ0n) is 8.04. The fourth-order valence-corrected chi connectivity index (χ4v) is 1.17. The zero-order chi connectivity index (χ0) is 10.9. The van der Waals surface area contributed by atoms with Crippen LogP contribution in [-0.2, 0) is 10.2 Å². The van der Waals surface area contributed by atoms with Crippen molar-refractivity contribution in [3.8, 4) is 0 Å². The van der Waals surface area contributed by atoms with E-state index in [0.29, 0.717) is 16.3 Å². The Morgan fingerprint density at radius 3 is 2.50 bits per heavy atom. The molecule has 3 nitrogen and oxygen atoms in total. The highest BCUT2D eigenvalue weighted by atomic mass is 35.5. The maximum absolute atomic E-state index is 10.9. The quantitative estimate of drug-likeness (QED) is 0.741. The average Bonchev–Trinajstić information content (AvgIpc) is 2.09. The molecule has 1 rings (SSSR count). The first-order chi connectivity index (χ1) is 6.35. The van der Waals surface area contributed by atoms with Crippen LogP contribution in [0.3, 0.4) is 0 Å². The summed E-state index contributed by atoms with van der Waals surface area (Å²) in [4.78, 5) is 10.9. The van der Waals surface area contributed by atoms with Crippen LogP contribution in [0.5, 0.6) is 0 Å². The maximum Gasteiger partial charge on any atom is 0.313 e. The van der Waals surface area contributed by atoms with Crippen LogP contribution in [0.2, 0.25) is 5.02 Å². The van der Waals surface area contributed by atoms with Gasteiger partial charge in [0.15, 0.2) is 0 Å². The number of hydrogen-bond acceptors (Lipinski definition) is 2. The Hall–Kier alpha value is -1.22. The van der Waals surface area contributed by atoms with Gasteiger partial charge in [-0.2, -0.15) is 0 Å². The number of carboxylic acids is 1. The van der Waals surface area contributed by atoms with Crippen molar-refractivity contribution in [3.05, 3.63) is 28.8 Å². The maximum atomic E-state index is 10.9. The number of halogens is 1. The molecule has 0 aromatic heterocycles. The van der Waals surface area contributed by atoms with Crippen LogP contribution in [0.1, 0.15) is 19.4 Å². The second-order valence-corrected chi connectivity index (χ2v) is 4.07. The minimum atomic E-state index is -0.946. The van der Waals surface area contributed by atoms with Gasteiger partial charge in [0.05, 0.1) is 16.1 Å². The first-order valence-electron chi connectivity index (χ1n) is 4.14. The summed E-state index contributed by atoms with van der Waals surface area (Å²) in [5.41, 5.74) is 5.69. The molecular weight excluding hydrogens is 202 g/mol. The molecule has 0 unspecified atom stereocenters. The first kappa shape index (κ1) is 10.9. The SMILES string of the molecule is CC(C)(C(=O)O)c1ccc(Cl)c(N)c1. The lowest BCUT2D eigenvalue weighted by atomic mass is 9.85. The van der Waals surface area contributed by atoms with Crippen LogP contribution in [0, 0.1) is 0 Å². The number of aliphatic carboxylic acids is 1. The Morgan fingerprint density at radius 1 is 1.50 bits per heavy atom. The van der Waals surface area contributed by atoms with Crippen molar-refractivity contribution >= 4 is 23.3 Å². The van der Waals surface area contributed by atoms with Crippen molar-refractivity contribution in [3.63, 3.8) is 0 Å². The molecule has 3 N–H and O–H groups in total. The molecule has 0 radical (unpaired) electrons. The lowest BCUT2D eigenvalue weighted by Crippen LogP contribution is -2.28. The number of nitrogens with two attached hydrogens (primary N) is 1. The summed E-state index contributed by atoms with van der Waals surface area (Å²) in [7, 11) is 0. The van der Waals surface area contributed by atoms with Gasteiger partial charge in [-0.1, -0.05) is 17.7 Å². The fourth-order valence-electron chi connectivity index (χ4n) is 1.06. The van der Waals surface area contributed by atoms with E-state index in [9.17, 15) is 4.79 Å². The Labute approximate surface area is 87.5 Å². The third-order valence-corrected chi connectivity index (χ3v) is 2.60. The van der Waals surface area contributed by atoms with Crippen LogP contribution in [-0.4, -0.2) is 11.1 Å². The van der Waals surface area contributed by atoms with E-state index in [2.05, 4.69) is 0 Å². The number of nitrogen functional groups attached to an aromatic ring is 1. The van der Waals surface area contributed by atoms with Gasteiger partial charge in [-0.05, 0) is 31.5 Å². The largest absolute Gasteiger partial charge is 0.481 e. The Balaban J connectivity index is 3.21. The van der Waals surface area contributed by atoms with Gasteiger partial charge in [0, 0.05) is 0 Å². The van der Waals surface area contributed by atoms with Gasteiger partial charge in [-0.3, -0.25) is 4.79 Å². The second kappa shape index (κ2) is 3.50. The highest BCUT2D eigenvalue weighted by Gasteiger charge is 2.29. The van der Waals surface area contributed by atoms with Gasteiger partial charge in [0.25, 0.3) is 0 Å². The van der Waals surface area contributed by atoms with E-state index in [4.69, 9.17) is 22.4 Å². The van der Waals surface area contributed by atoms with Crippen LogP contribution >= 0.6 is 11.6 Å². The molecule has 0 saturated heterocycles. The molecule has 0 heterocycles. The minimum Gasteiger partial charge on any atom is -0.481 e. The lowest BCUT2D eigenvalue weighted by Gasteiger charge is -2.20. The summed E-state index contributed by atoms with van der Waals surface area (Å²) < 4.78 is 0. The molecule has 0 aliphatic rings. The zero-order valence-corrected chi connectivity index (χ0v) is 8.80. The number of anilines is 1. The number of benzene rings is 1. The lowest BCUT2D eigenvalue weighted by molar-refractivity contribution is -0.142. The highest BCUT2D eigenvalue weighted by Crippen LogP contribution is 2.28. The molecule has 0 amide bonds. The topological polar surface area (TPSA) is 63.3 Å². The van der Waals surface area contributed by atoms with E-state index >= 15 is 0 Å². The Morgan fingerprint density at radius 2 is 2.07 bits per heavy atom. The molecule has 0 bridgehead atoms. The predicted molar refractivity (Wildman–Crippen MR) is 56.5 cm³/mol. The van der Waals surface area contributed by atoms with Gasteiger partial charge in [-0.15, -0.1) is 0 Å². The third-order valence-electron chi connectivity index (χ3n) is 2.25. The summed E-state index contributed by atoms with van der Waals surface area (Å²) in [5, 5.41) is 9.42. The van der Waals surface area contributed by atoms with Gasteiger partial charge in [0.2, 0.25) is 0 Å². The number of hydrogen-bond donors (Lipinski definition) is 2. The van der Waals surface area contributed by atoms with Crippen LogP contribution in [0.25, 0.3) is 0 Å². The predicted octanol–water partition coefficient (Wildman–Crippen LogP) is 2.28. The van der Waals surface area contributed by atoms with E-state index in [1.807, 2.05) is 0 Å². The summed E-state index contributed by atoms with van der Waals surface area (Å²) in [6.07, 6.45) is 0. The number of carbonyl (C=O) groups is 1. The monoisotopic (exact) mass is 213 g/mol. The van der Waals surface area contributed by atoms with Crippen molar-refractivity contribution in [1.82, 2.24) is 0 Å². The van der Waals surface area contributed by atoms with Crippen molar-refractivity contribution in [2.75, 3.05) is 5.73 Å². The van der Waals surface area contributed by atoms with Crippen molar-refractivity contribution in [2.45, 2.75) is 19.3 Å². The first-order valence-corrected chi connectivity index (χ1v) is 4.52. The highest BCUT2D eigenvalue weighted by molar-refractivity contribution is 6.33. The molecule has 76 valence electrons. The summed E-state index contributed by atoms with van der Waals surface area (Å²) in [6.45, 7) is 3.25. The van der Waals surface area contributed by atoms with Crippen LogP contribution < -0.4 is 5.73 Å². The smallest absolute Gasteiger partial charge is 0.313 e. The molecule has 4 heteroatoms. The molecule has 0 saturated carbocycles. The van der Waals surface area contributed by atoms with Gasteiger partial charge < -0.3 is 10.8 Å². The van der Waals surface area contributed by atoms with Crippen LogP contribution in [0.4, 0.5) is 5.69 Å². The standard InChI is InChI=1S/C10H12ClNO2/c1-10(2,9(13)14)6-3-4-7(11)8(12)5-6/h3-5H,12H2,1-2H3,(H,13,14). The normalized spacial score (nSPS) is 11.4. The van der Waals surface area contributed by atoms with Crippen molar-refractivity contribution < 1.29 is 9.90 Å². The number of carboxylic acid groups (broad SMARTS) is 1. The molecule has 14 heavy (non-hydrogen) atoms. The summed E-state index contributed by atoms with van der Waals surface area (Å²) in [5.74, 6) is -0.890. The van der Waals surface area contributed by atoms with Gasteiger partial charge in [0.1, 0.15) is 0 Å². The second-order valence-electron chi connectivity index (χ2n) is 3.67. The fraction of sp³-hybridized carbons (Fsp3) is 0.300. The van der Waals surface area contributed by atoms with Gasteiger partial charge in [-0.25, -0.2) is 0 Å². The van der Waals surface area contributed by atoms with Gasteiger partial charge >= 0.3 is 5.97 Å². The molecule has 0 atom stereocenters. The molecule has 0 spiro atoms. The Bertz CT molecular complexity index is 374. The van der Waals surface area contributed by atoms with E-state index in [-0.39, 0.29) is 0 Å².